The van der Waals surface area contributed by atoms with Crippen LogP contribution in [0.15, 0.2) is 48.5 Å². The van der Waals surface area contributed by atoms with Crippen LogP contribution in [0, 0.1) is 0 Å². The van der Waals surface area contributed by atoms with E-state index in [1.165, 1.54) is 17.7 Å². The molecule has 2 aromatic carbocycles. The third kappa shape index (κ3) is 4.52. The van der Waals surface area contributed by atoms with Gasteiger partial charge < -0.3 is 10.6 Å². The van der Waals surface area contributed by atoms with E-state index in [1.807, 2.05) is 18.2 Å². The van der Waals surface area contributed by atoms with E-state index < -0.39 is 17.6 Å². The molecule has 7 heteroatoms. The van der Waals surface area contributed by atoms with Crippen molar-refractivity contribution < 1.29 is 18.0 Å². The van der Waals surface area contributed by atoms with E-state index in [9.17, 15) is 18.0 Å². The summed E-state index contributed by atoms with van der Waals surface area (Å²) in [4.78, 5) is 12.2. The molecule has 134 valence electrons. The number of alkyl halides is 3. The average Bonchev–Trinajstić information content (AvgIpc) is 2.59. The summed E-state index contributed by atoms with van der Waals surface area (Å²) in [7, 11) is 0. The summed E-state index contributed by atoms with van der Waals surface area (Å²) in [5, 5.41) is 6.04. The molecule has 0 saturated heterocycles. The van der Waals surface area contributed by atoms with Gasteiger partial charge >= 0.3 is 6.18 Å². The Morgan fingerprint density at radius 1 is 1.16 bits per heavy atom. The third-order valence-electron chi connectivity index (χ3n) is 4.13. The summed E-state index contributed by atoms with van der Waals surface area (Å²) < 4.78 is 38.2. The zero-order chi connectivity index (χ0) is 17.2. The second-order valence-corrected chi connectivity index (χ2v) is 5.74. The number of amides is 1. The highest BCUT2D eigenvalue weighted by molar-refractivity contribution is 5.94. The van der Waals surface area contributed by atoms with Crippen molar-refractivity contribution in [2.45, 2.75) is 18.6 Å². The topological polar surface area (TPSA) is 41.1 Å². The number of nitrogens with one attached hydrogen (secondary N) is 2. The maximum absolute atomic E-state index is 12.7. The minimum atomic E-state index is -4.46. The number of hydrogen-bond donors (Lipinski definition) is 2. The van der Waals surface area contributed by atoms with Crippen LogP contribution in [0.1, 0.15) is 33.1 Å². The molecule has 0 bridgehead atoms. The van der Waals surface area contributed by atoms with Crippen molar-refractivity contribution in [3.63, 3.8) is 0 Å². The minimum absolute atomic E-state index is 0. The molecular weight excluding hydrogens is 353 g/mol. The molecule has 3 rings (SSSR count). The van der Waals surface area contributed by atoms with Crippen LogP contribution in [0.2, 0.25) is 0 Å². The first-order chi connectivity index (χ1) is 11.4. The summed E-state index contributed by atoms with van der Waals surface area (Å²) in [5.74, 6) is -0.508. The summed E-state index contributed by atoms with van der Waals surface area (Å²) in [5.41, 5.74) is 1.54. The Labute approximate surface area is 150 Å². The van der Waals surface area contributed by atoms with Gasteiger partial charge in [-0.05, 0) is 42.3 Å². The zero-order valence-electron chi connectivity index (χ0n) is 13.3. The van der Waals surface area contributed by atoms with E-state index in [0.29, 0.717) is 6.54 Å². The van der Waals surface area contributed by atoms with Crippen molar-refractivity contribution in [2.24, 2.45) is 0 Å². The van der Waals surface area contributed by atoms with E-state index in [2.05, 4.69) is 16.7 Å². The lowest BCUT2D eigenvalue weighted by Crippen LogP contribution is -2.38. The molecule has 2 N–H and O–H groups in total. The number of carbonyl (C=O) groups is 1. The quantitative estimate of drug-likeness (QED) is 0.864. The van der Waals surface area contributed by atoms with Gasteiger partial charge in [0.25, 0.3) is 5.91 Å². The fourth-order valence-electron chi connectivity index (χ4n) is 2.91. The van der Waals surface area contributed by atoms with Gasteiger partial charge in [-0.2, -0.15) is 13.2 Å². The highest BCUT2D eigenvalue weighted by Crippen LogP contribution is 2.29. The van der Waals surface area contributed by atoms with Crippen molar-refractivity contribution in [3.8, 4) is 0 Å². The highest BCUT2D eigenvalue weighted by Gasteiger charge is 2.31. The molecule has 3 nitrogen and oxygen atoms in total. The largest absolute Gasteiger partial charge is 0.416 e. The van der Waals surface area contributed by atoms with Gasteiger partial charge in [-0.25, -0.2) is 0 Å². The van der Waals surface area contributed by atoms with Crippen LogP contribution in [0.4, 0.5) is 13.2 Å². The molecule has 0 aromatic heterocycles. The summed E-state index contributed by atoms with van der Waals surface area (Å²) in [6.07, 6.45) is -3.53. The van der Waals surface area contributed by atoms with Gasteiger partial charge in [0, 0.05) is 18.2 Å². The number of fused-ring (bicyclic) bond motifs is 1. The Morgan fingerprint density at radius 3 is 2.68 bits per heavy atom. The average molecular weight is 371 g/mol. The lowest BCUT2D eigenvalue weighted by molar-refractivity contribution is -0.137. The fraction of sp³-hybridized carbons (Fsp3) is 0.278. The van der Waals surface area contributed by atoms with Gasteiger partial charge in [0.2, 0.25) is 0 Å². The van der Waals surface area contributed by atoms with Crippen molar-refractivity contribution in [1.29, 1.82) is 0 Å². The standard InChI is InChI=1S/C18H17F3N2O.ClH/c19-18(20,21)14-6-3-5-13(10-14)17(24)23-11-16-15-7-2-1-4-12(15)8-9-22-16;/h1-7,10,16,22H,8-9,11H2,(H,23,24);1H. The second kappa shape index (κ2) is 7.89. The normalized spacial score (nSPS) is 16.5. The first kappa shape index (κ1) is 19.3. The van der Waals surface area contributed by atoms with Crippen molar-refractivity contribution >= 4 is 18.3 Å². The van der Waals surface area contributed by atoms with Crippen LogP contribution in [0.3, 0.4) is 0 Å². The van der Waals surface area contributed by atoms with Gasteiger partial charge in [-0.1, -0.05) is 30.3 Å². The first-order valence-corrected chi connectivity index (χ1v) is 7.72. The molecule has 1 amide bonds. The Morgan fingerprint density at radius 2 is 1.92 bits per heavy atom. The molecular formula is C18H18ClF3N2O. The molecule has 25 heavy (non-hydrogen) atoms. The minimum Gasteiger partial charge on any atom is -0.350 e. The van der Waals surface area contributed by atoms with Gasteiger partial charge in [0.05, 0.1) is 5.56 Å². The molecule has 0 saturated carbocycles. The molecule has 0 spiro atoms. The van der Waals surface area contributed by atoms with Gasteiger partial charge in [-0.15, -0.1) is 12.4 Å². The van der Waals surface area contributed by atoms with E-state index in [1.54, 1.807) is 0 Å². The van der Waals surface area contributed by atoms with Crippen LogP contribution in [-0.4, -0.2) is 19.0 Å². The smallest absolute Gasteiger partial charge is 0.350 e. The molecule has 0 aliphatic carbocycles. The SMILES string of the molecule is Cl.O=C(NCC1NCCc2ccccc21)c1cccc(C(F)(F)F)c1. The van der Waals surface area contributed by atoms with Gasteiger partial charge in [-0.3, -0.25) is 4.79 Å². The van der Waals surface area contributed by atoms with E-state index in [4.69, 9.17) is 0 Å². The molecule has 1 atom stereocenters. The number of carbonyl (C=O) groups excluding carboxylic acids is 1. The first-order valence-electron chi connectivity index (χ1n) is 7.72. The lowest BCUT2D eigenvalue weighted by atomic mass is 9.94. The Kier molecular flexibility index (Phi) is 6.08. The van der Waals surface area contributed by atoms with Crippen molar-refractivity contribution in [1.82, 2.24) is 10.6 Å². The number of benzene rings is 2. The Balaban J connectivity index is 0.00000225. The molecule has 1 aliphatic rings. The van der Waals surface area contributed by atoms with Crippen molar-refractivity contribution in [2.75, 3.05) is 13.1 Å². The molecule has 1 heterocycles. The highest BCUT2D eigenvalue weighted by atomic mass is 35.5. The van der Waals surface area contributed by atoms with Crippen LogP contribution >= 0.6 is 12.4 Å². The van der Waals surface area contributed by atoms with Crippen LogP contribution < -0.4 is 10.6 Å². The molecule has 2 aromatic rings. The van der Waals surface area contributed by atoms with Gasteiger partial charge in [0.15, 0.2) is 0 Å². The molecule has 0 fully saturated rings. The fourth-order valence-corrected chi connectivity index (χ4v) is 2.91. The van der Waals surface area contributed by atoms with Crippen LogP contribution in [0.25, 0.3) is 0 Å². The van der Waals surface area contributed by atoms with Crippen molar-refractivity contribution in [3.05, 3.63) is 70.8 Å². The molecule has 0 radical (unpaired) electrons. The summed E-state index contributed by atoms with van der Waals surface area (Å²) in [6, 6.07) is 12.4. The second-order valence-electron chi connectivity index (χ2n) is 5.74. The zero-order valence-corrected chi connectivity index (χ0v) is 14.1. The number of halogens is 4. The predicted octanol–water partition coefficient (Wildman–Crippen LogP) is 3.74. The van der Waals surface area contributed by atoms with Crippen LogP contribution in [-0.2, 0) is 12.6 Å². The summed E-state index contributed by atoms with van der Waals surface area (Å²) in [6.45, 7) is 1.13. The van der Waals surface area contributed by atoms with Crippen LogP contribution in [0.5, 0.6) is 0 Å². The molecule has 1 unspecified atom stereocenters. The predicted molar refractivity (Wildman–Crippen MR) is 91.9 cm³/mol. The maximum atomic E-state index is 12.7. The van der Waals surface area contributed by atoms with E-state index in [0.717, 1.165) is 30.7 Å². The van der Waals surface area contributed by atoms with E-state index in [-0.39, 0.29) is 24.0 Å². The van der Waals surface area contributed by atoms with Gasteiger partial charge in [0.1, 0.15) is 0 Å². The number of rotatable bonds is 3. The maximum Gasteiger partial charge on any atom is 0.416 e. The van der Waals surface area contributed by atoms with E-state index >= 15 is 0 Å². The third-order valence-corrected chi connectivity index (χ3v) is 4.13. The lowest BCUT2D eigenvalue weighted by Gasteiger charge is -2.27. The Bertz CT molecular complexity index is 749. The number of hydrogen-bond acceptors (Lipinski definition) is 2. The monoisotopic (exact) mass is 370 g/mol. The molecule has 1 aliphatic heterocycles. The summed E-state index contributed by atoms with van der Waals surface area (Å²) >= 11 is 0. The Hall–Kier alpha value is -2.05.